The van der Waals surface area contributed by atoms with Gasteiger partial charge in [0.1, 0.15) is 0 Å². The molecule has 96 valence electrons. The highest BCUT2D eigenvalue weighted by Gasteiger charge is 2.04. The van der Waals surface area contributed by atoms with Gasteiger partial charge in [-0.1, -0.05) is 18.2 Å². The molecule has 0 aliphatic rings. The molecule has 0 saturated carbocycles. The molecule has 3 aromatic rings. The van der Waals surface area contributed by atoms with E-state index in [-0.39, 0.29) is 6.61 Å². The van der Waals surface area contributed by atoms with Gasteiger partial charge in [0.15, 0.2) is 5.65 Å². The van der Waals surface area contributed by atoms with E-state index in [9.17, 15) is 5.11 Å². The normalized spacial score (nSPS) is 10.8. The minimum atomic E-state index is 0.0280. The molecule has 0 bridgehead atoms. The van der Waals surface area contributed by atoms with Crippen LogP contribution in [0.2, 0.25) is 0 Å². The van der Waals surface area contributed by atoms with Crippen LogP contribution in [0.4, 0.5) is 5.69 Å². The average Bonchev–Trinajstić information content (AvgIpc) is 2.89. The van der Waals surface area contributed by atoms with Gasteiger partial charge in [-0.15, -0.1) is 0 Å². The number of aromatic nitrogens is 3. The molecule has 0 amide bonds. The first-order valence-corrected chi connectivity index (χ1v) is 6.07. The summed E-state index contributed by atoms with van der Waals surface area (Å²) in [5.74, 6) is 0. The Morgan fingerprint density at radius 1 is 1.21 bits per heavy atom. The van der Waals surface area contributed by atoms with Crippen molar-refractivity contribution in [1.29, 1.82) is 0 Å². The Morgan fingerprint density at radius 3 is 3.00 bits per heavy atom. The Balaban J connectivity index is 1.82. The molecule has 2 N–H and O–H groups in total. The number of rotatable bonds is 4. The summed E-state index contributed by atoms with van der Waals surface area (Å²) in [5.41, 5.74) is 3.70. The van der Waals surface area contributed by atoms with Crippen molar-refractivity contribution in [3.63, 3.8) is 0 Å². The van der Waals surface area contributed by atoms with Crippen LogP contribution in [0, 0.1) is 0 Å². The molecule has 0 aliphatic heterocycles. The van der Waals surface area contributed by atoms with Crippen molar-refractivity contribution >= 4 is 11.3 Å². The lowest BCUT2D eigenvalue weighted by Gasteiger charge is -2.10. The van der Waals surface area contributed by atoms with E-state index in [0.29, 0.717) is 6.54 Å². The third-order valence-electron chi connectivity index (χ3n) is 3.04. The van der Waals surface area contributed by atoms with Crippen LogP contribution < -0.4 is 5.32 Å². The van der Waals surface area contributed by atoms with Gasteiger partial charge in [0.05, 0.1) is 31.2 Å². The van der Waals surface area contributed by atoms with Crippen molar-refractivity contribution in [1.82, 2.24) is 14.4 Å². The van der Waals surface area contributed by atoms with Gasteiger partial charge in [-0.2, -0.15) is 0 Å². The molecule has 0 saturated heterocycles. The Kier molecular flexibility index (Phi) is 3.12. The topological polar surface area (TPSA) is 62.5 Å². The van der Waals surface area contributed by atoms with Gasteiger partial charge in [0.2, 0.25) is 0 Å². The monoisotopic (exact) mass is 254 g/mol. The highest BCUT2D eigenvalue weighted by atomic mass is 16.3. The summed E-state index contributed by atoms with van der Waals surface area (Å²) in [6, 6.07) is 7.72. The molecule has 19 heavy (non-hydrogen) atoms. The molecule has 2 heterocycles. The summed E-state index contributed by atoms with van der Waals surface area (Å²) in [4.78, 5) is 8.32. The van der Waals surface area contributed by atoms with Crippen LogP contribution in [0.5, 0.6) is 0 Å². The number of aliphatic hydroxyl groups is 1. The van der Waals surface area contributed by atoms with E-state index in [1.165, 1.54) is 0 Å². The maximum absolute atomic E-state index is 9.28. The second-order valence-electron chi connectivity index (χ2n) is 4.22. The SMILES string of the molecule is OCc1ccccc1NCc1cnc2cnccn12. The second-order valence-corrected chi connectivity index (χ2v) is 4.22. The fourth-order valence-electron chi connectivity index (χ4n) is 2.04. The average molecular weight is 254 g/mol. The largest absolute Gasteiger partial charge is 0.392 e. The number of hydrogen-bond acceptors (Lipinski definition) is 4. The lowest BCUT2D eigenvalue weighted by atomic mass is 10.2. The second kappa shape index (κ2) is 5.07. The first kappa shape index (κ1) is 11.7. The maximum atomic E-state index is 9.28. The lowest BCUT2D eigenvalue weighted by Crippen LogP contribution is -2.04. The van der Waals surface area contributed by atoms with Gasteiger partial charge in [0.25, 0.3) is 0 Å². The van der Waals surface area contributed by atoms with Crippen molar-refractivity contribution in [3.05, 3.63) is 60.3 Å². The van der Waals surface area contributed by atoms with Crippen molar-refractivity contribution < 1.29 is 5.11 Å². The Morgan fingerprint density at radius 2 is 2.11 bits per heavy atom. The third kappa shape index (κ3) is 2.28. The van der Waals surface area contributed by atoms with Crippen LogP contribution in [0.15, 0.2) is 49.1 Å². The molecule has 1 aromatic carbocycles. The molecule has 0 unspecified atom stereocenters. The molecule has 0 fully saturated rings. The Bertz CT molecular complexity index is 692. The number of nitrogens with zero attached hydrogens (tertiary/aromatic N) is 3. The van der Waals surface area contributed by atoms with E-state index >= 15 is 0 Å². The minimum Gasteiger partial charge on any atom is -0.392 e. The first-order valence-electron chi connectivity index (χ1n) is 6.07. The summed E-state index contributed by atoms with van der Waals surface area (Å²) in [5, 5.41) is 12.6. The fourth-order valence-corrected chi connectivity index (χ4v) is 2.04. The Labute approximate surface area is 110 Å². The Hall–Kier alpha value is -2.40. The number of fused-ring (bicyclic) bond motifs is 1. The minimum absolute atomic E-state index is 0.0280. The van der Waals surface area contributed by atoms with E-state index in [1.807, 2.05) is 41.1 Å². The van der Waals surface area contributed by atoms with Gasteiger partial charge in [-0.25, -0.2) is 4.98 Å². The maximum Gasteiger partial charge on any atom is 0.155 e. The van der Waals surface area contributed by atoms with Crippen LogP contribution in [0.3, 0.4) is 0 Å². The van der Waals surface area contributed by atoms with E-state index < -0.39 is 0 Å². The molecule has 5 nitrogen and oxygen atoms in total. The van der Waals surface area contributed by atoms with Crippen molar-refractivity contribution in [2.45, 2.75) is 13.2 Å². The summed E-state index contributed by atoms with van der Waals surface area (Å²) in [7, 11) is 0. The van der Waals surface area contributed by atoms with Gasteiger partial charge >= 0.3 is 0 Å². The van der Waals surface area contributed by atoms with Crippen molar-refractivity contribution in [2.75, 3.05) is 5.32 Å². The van der Waals surface area contributed by atoms with Gasteiger partial charge in [-0.3, -0.25) is 9.38 Å². The molecule has 0 atom stereocenters. The van der Waals surface area contributed by atoms with Gasteiger partial charge < -0.3 is 10.4 Å². The predicted octanol–water partition coefficient (Wildman–Crippen LogP) is 1.83. The molecule has 3 rings (SSSR count). The molecule has 0 spiro atoms. The van der Waals surface area contributed by atoms with E-state index in [2.05, 4.69) is 15.3 Å². The molecular formula is C14H14N4O. The number of nitrogens with one attached hydrogen (secondary N) is 1. The summed E-state index contributed by atoms with van der Waals surface area (Å²) in [6.45, 7) is 0.669. The zero-order valence-corrected chi connectivity index (χ0v) is 10.3. The third-order valence-corrected chi connectivity index (χ3v) is 3.04. The number of imidazole rings is 1. The van der Waals surface area contributed by atoms with E-state index in [1.54, 1.807) is 12.4 Å². The van der Waals surface area contributed by atoms with Crippen molar-refractivity contribution in [3.8, 4) is 0 Å². The highest BCUT2D eigenvalue weighted by molar-refractivity contribution is 5.51. The van der Waals surface area contributed by atoms with Crippen molar-refractivity contribution in [2.24, 2.45) is 0 Å². The van der Waals surface area contributed by atoms with Crippen LogP contribution in [0.1, 0.15) is 11.3 Å². The number of anilines is 1. The molecule has 5 heteroatoms. The zero-order chi connectivity index (χ0) is 13.1. The first-order chi connectivity index (χ1) is 9.38. The summed E-state index contributed by atoms with van der Waals surface area (Å²) < 4.78 is 1.99. The number of para-hydroxylation sites is 1. The quantitative estimate of drug-likeness (QED) is 0.745. The van der Waals surface area contributed by atoms with Crippen LogP contribution >= 0.6 is 0 Å². The molecule has 0 radical (unpaired) electrons. The molecule has 0 aliphatic carbocycles. The van der Waals surface area contributed by atoms with E-state index in [0.717, 1.165) is 22.6 Å². The van der Waals surface area contributed by atoms with Gasteiger partial charge in [0, 0.05) is 23.6 Å². The zero-order valence-electron chi connectivity index (χ0n) is 10.3. The predicted molar refractivity (Wildman–Crippen MR) is 72.7 cm³/mol. The smallest absolute Gasteiger partial charge is 0.155 e. The van der Waals surface area contributed by atoms with Gasteiger partial charge in [-0.05, 0) is 6.07 Å². The standard InChI is InChI=1S/C14H14N4O/c19-10-11-3-1-2-4-13(11)16-7-12-8-17-14-9-15-5-6-18(12)14/h1-6,8-9,16,19H,7,10H2. The number of hydrogen-bond donors (Lipinski definition) is 2. The molecule has 2 aromatic heterocycles. The number of aliphatic hydroxyl groups excluding tert-OH is 1. The highest BCUT2D eigenvalue weighted by Crippen LogP contribution is 2.16. The lowest BCUT2D eigenvalue weighted by molar-refractivity contribution is 0.282. The van der Waals surface area contributed by atoms with Crippen LogP contribution in [-0.2, 0) is 13.2 Å². The summed E-state index contributed by atoms with van der Waals surface area (Å²) >= 11 is 0. The fraction of sp³-hybridized carbons (Fsp3) is 0.143. The molecular weight excluding hydrogens is 240 g/mol. The summed E-state index contributed by atoms with van der Waals surface area (Å²) in [6.07, 6.45) is 7.17. The van der Waals surface area contributed by atoms with E-state index in [4.69, 9.17) is 0 Å². The number of benzene rings is 1. The van der Waals surface area contributed by atoms with Crippen LogP contribution in [0.25, 0.3) is 5.65 Å². The van der Waals surface area contributed by atoms with Crippen LogP contribution in [-0.4, -0.2) is 19.5 Å².